The van der Waals surface area contributed by atoms with Crippen LogP contribution in [-0.4, -0.2) is 19.5 Å². The number of hydrogen-bond acceptors (Lipinski definition) is 3. The molecule has 0 saturated heterocycles. The first-order valence-corrected chi connectivity index (χ1v) is 14.7. The van der Waals surface area contributed by atoms with Crippen LogP contribution in [0.1, 0.15) is 22.8 Å². The summed E-state index contributed by atoms with van der Waals surface area (Å²) in [4.78, 5) is 13.4. The van der Waals surface area contributed by atoms with Crippen molar-refractivity contribution in [2.75, 3.05) is 5.73 Å². The van der Waals surface area contributed by atoms with E-state index < -0.39 is 0 Å². The predicted molar refractivity (Wildman–Crippen MR) is 179 cm³/mol. The molecular weight excluding hydrogens is 526 g/mol. The van der Waals surface area contributed by atoms with Crippen molar-refractivity contribution in [3.8, 4) is 5.69 Å². The van der Waals surface area contributed by atoms with Crippen LogP contribution in [0.3, 0.4) is 0 Å². The molecule has 5 heterocycles. The Morgan fingerprint density at radius 1 is 0.581 bits per heavy atom. The third kappa shape index (κ3) is 4.01. The molecule has 0 aliphatic carbocycles. The molecule has 2 aliphatic heterocycles. The van der Waals surface area contributed by atoms with E-state index in [1.807, 2.05) is 6.07 Å². The number of anilines is 1. The number of benzene rings is 4. The van der Waals surface area contributed by atoms with Crippen LogP contribution < -0.4 is 5.73 Å². The van der Waals surface area contributed by atoms with Crippen molar-refractivity contribution in [3.63, 3.8) is 0 Å². The zero-order valence-electron chi connectivity index (χ0n) is 23.4. The average molecular weight is 554 g/mol. The van der Waals surface area contributed by atoms with Gasteiger partial charge in [-0.05, 0) is 119 Å². The number of rotatable bonds is 1. The lowest BCUT2D eigenvalue weighted by molar-refractivity contribution is 1.02. The fourth-order valence-electron chi connectivity index (χ4n) is 6.61. The molecule has 2 aliphatic rings. The molecule has 7 aromatic rings. The van der Waals surface area contributed by atoms with Crippen LogP contribution in [0.15, 0.2) is 109 Å². The maximum absolute atomic E-state index is 6.93. The van der Waals surface area contributed by atoms with Gasteiger partial charge in [-0.25, -0.2) is 4.98 Å². The van der Waals surface area contributed by atoms with E-state index in [2.05, 4.69) is 125 Å². The zero-order valence-corrected chi connectivity index (χ0v) is 23.4. The van der Waals surface area contributed by atoms with E-state index in [0.29, 0.717) is 0 Å². The molecule has 0 amide bonds. The molecule has 0 saturated carbocycles. The molecule has 43 heavy (non-hydrogen) atoms. The molecule has 4 aromatic carbocycles. The van der Waals surface area contributed by atoms with Gasteiger partial charge in [-0.3, -0.25) is 4.98 Å². The van der Waals surface area contributed by atoms with E-state index in [9.17, 15) is 0 Å². The van der Waals surface area contributed by atoms with Crippen LogP contribution >= 0.6 is 0 Å². The van der Waals surface area contributed by atoms with Gasteiger partial charge in [0.15, 0.2) is 0 Å². The second-order valence-electron chi connectivity index (χ2n) is 11.4. The molecule has 0 spiro atoms. The van der Waals surface area contributed by atoms with Gasteiger partial charge in [-0.15, -0.1) is 0 Å². The third-order valence-corrected chi connectivity index (χ3v) is 8.61. The van der Waals surface area contributed by atoms with E-state index in [-0.39, 0.29) is 0 Å². The molecule has 8 bridgehead atoms. The Balaban J connectivity index is 1.43. The Morgan fingerprint density at radius 3 is 2.09 bits per heavy atom. The number of H-pyrrole nitrogens is 1. The third-order valence-electron chi connectivity index (χ3n) is 8.61. The predicted octanol–water partition coefficient (Wildman–Crippen LogP) is 8.77. The fraction of sp³-hybridized carbons (Fsp3) is 0.0526. The van der Waals surface area contributed by atoms with Crippen molar-refractivity contribution in [2.45, 2.75) is 12.8 Å². The normalized spacial score (nSPS) is 12.9. The number of aryl methyl sites for hydroxylation is 2. The first-order chi connectivity index (χ1) is 21.1. The summed E-state index contributed by atoms with van der Waals surface area (Å²) in [6.45, 7) is 0. The van der Waals surface area contributed by atoms with Gasteiger partial charge in [0.05, 0.1) is 22.8 Å². The van der Waals surface area contributed by atoms with Crippen LogP contribution in [0.4, 0.5) is 5.69 Å². The van der Waals surface area contributed by atoms with E-state index in [4.69, 9.17) is 15.7 Å². The first-order valence-electron chi connectivity index (χ1n) is 14.7. The lowest BCUT2D eigenvalue weighted by atomic mass is 9.96. The van der Waals surface area contributed by atoms with E-state index >= 15 is 0 Å². The van der Waals surface area contributed by atoms with Gasteiger partial charge in [0.2, 0.25) is 0 Å². The summed E-state index contributed by atoms with van der Waals surface area (Å²) in [5.41, 5.74) is 16.7. The molecule has 0 atom stereocenters. The van der Waals surface area contributed by atoms with Crippen LogP contribution in [0, 0.1) is 0 Å². The molecule has 5 nitrogen and oxygen atoms in total. The quantitative estimate of drug-likeness (QED) is 0.121. The Bertz CT molecular complexity index is 2480. The molecule has 5 heteroatoms. The number of nitrogens with zero attached hydrogens (tertiary/aromatic N) is 3. The highest BCUT2D eigenvalue weighted by atomic mass is 15.0. The molecular formula is C38H27N5. The monoisotopic (exact) mass is 553 g/mol. The standard InChI is InChI=1S/C38H27N5/c39-36-16-7-23-5-6-26-17-24-3-1-2-4-25(24)18-35(26)37(23)38(36)43-33-14-15-34(43)22-32-13-11-30(42-32)20-28-9-8-27(40-28)19-29-10-12-31(21-33)41-29/h1-10,12,14-22,40H,11,13,39H2. The second-order valence-corrected chi connectivity index (χ2v) is 11.4. The number of hydrogen-bond donors (Lipinski definition) is 2. The van der Waals surface area contributed by atoms with Crippen molar-refractivity contribution in [1.29, 1.82) is 0 Å². The van der Waals surface area contributed by atoms with E-state index in [1.54, 1.807) is 0 Å². The number of nitrogen functional groups attached to an aromatic ring is 1. The first kappa shape index (κ1) is 24.0. The van der Waals surface area contributed by atoms with Gasteiger partial charge < -0.3 is 15.3 Å². The topological polar surface area (TPSA) is 72.5 Å². The minimum atomic E-state index is 0.725. The smallest absolute Gasteiger partial charge is 0.0776 e. The summed E-state index contributed by atoms with van der Waals surface area (Å²) in [5.74, 6) is 0. The largest absolute Gasteiger partial charge is 0.397 e. The Hall–Kier alpha value is -5.68. The zero-order chi connectivity index (χ0) is 28.5. The summed E-state index contributed by atoms with van der Waals surface area (Å²) in [7, 11) is 0. The lowest BCUT2D eigenvalue weighted by Gasteiger charge is -2.16. The number of fused-ring (bicyclic) bond motifs is 12. The maximum atomic E-state index is 6.93. The average Bonchev–Trinajstić information content (AvgIpc) is 3.82. The van der Waals surface area contributed by atoms with Gasteiger partial charge in [-0.2, -0.15) is 0 Å². The van der Waals surface area contributed by atoms with Gasteiger partial charge in [0, 0.05) is 38.8 Å². The highest BCUT2D eigenvalue weighted by Gasteiger charge is 2.16. The highest BCUT2D eigenvalue weighted by molar-refractivity contribution is 6.17. The Morgan fingerprint density at radius 2 is 1.26 bits per heavy atom. The Labute approximate surface area is 247 Å². The van der Waals surface area contributed by atoms with Crippen LogP contribution in [0.5, 0.6) is 0 Å². The number of aromatic amines is 1. The minimum absolute atomic E-state index is 0.725. The van der Waals surface area contributed by atoms with Crippen molar-refractivity contribution in [2.24, 2.45) is 0 Å². The maximum Gasteiger partial charge on any atom is 0.0776 e. The fourth-order valence-corrected chi connectivity index (χ4v) is 6.61. The molecule has 3 N–H and O–H groups in total. The van der Waals surface area contributed by atoms with Crippen molar-refractivity contribution >= 4 is 72.2 Å². The second kappa shape index (κ2) is 9.16. The highest BCUT2D eigenvalue weighted by Crippen LogP contribution is 2.38. The van der Waals surface area contributed by atoms with Crippen molar-refractivity contribution in [3.05, 3.63) is 132 Å². The Kier molecular flexibility index (Phi) is 5.11. The van der Waals surface area contributed by atoms with Crippen LogP contribution in [0.2, 0.25) is 0 Å². The number of nitrogens with one attached hydrogen (secondary N) is 1. The number of nitrogens with two attached hydrogens (primary N) is 1. The molecule has 204 valence electrons. The molecule has 0 fully saturated rings. The summed E-state index contributed by atoms with van der Waals surface area (Å²) in [6, 6.07) is 38.7. The lowest BCUT2D eigenvalue weighted by Crippen LogP contribution is -2.01. The van der Waals surface area contributed by atoms with Crippen molar-refractivity contribution < 1.29 is 0 Å². The van der Waals surface area contributed by atoms with Gasteiger partial charge in [0.1, 0.15) is 0 Å². The van der Waals surface area contributed by atoms with Gasteiger partial charge >= 0.3 is 0 Å². The SMILES string of the molecule is Nc1ccc2ccc3cc4ccccc4cc3c2c1-n1c2ccc1cc1nc(cc3ccc(cc4nc(c2)C=C4)[nH]3)CC1. The van der Waals surface area contributed by atoms with Gasteiger partial charge in [0.25, 0.3) is 0 Å². The summed E-state index contributed by atoms with van der Waals surface area (Å²) >= 11 is 0. The summed E-state index contributed by atoms with van der Waals surface area (Å²) < 4.78 is 2.29. The van der Waals surface area contributed by atoms with E-state index in [1.165, 1.54) is 21.5 Å². The summed E-state index contributed by atoms with van der Waals surface area (Å²) in [6.07, 6.45) is 5.92. The molecule has 3 aromatic heterocycles. The van der Waals surface area contributed by atoms with Crippen LogP contribution in [-0.2, 0) is 12.8 Å². The number of aromatic nitrogens is 4. The van der Waals surface area contributed by atoms with Gasteiger partial charge in [-0.1, -0.05) is 42.5 Å². The molecule has 0 radical (unpaired) electrons. The minimum Gasteiger partial charge on any atom is -0.397 e. The molecule has 9 rings (SSSR count). The van der Waals surface area contributed by atoms with Crippen molar-refractivity contribution in [1.82, 2.24) is 19.5 Å². The summed E-state index contributed by atoms with van der Waals surface area (Å²) in [5, 5.41) is 7.10. The molecule has 0 unspecified atom stereocenters. The van der Waals surface area contributed by atoms with Crippen LogP contribution in [0.25, 0.3) is 72.2 Å². The van der Waals surface area contributed by atoms with E-state index in [0.717, 1.165) is 79.8 Å².